The van der Waals surface area contributed by atoms with E-state index in [0.29, 0.717) is 6.42 Å². The first-order valence-electron chi connectivity index (χ1n) is 10.8. The third-order valence-corrected chi connectivity index (χ3v) is 5.50. The molecule has 1 unspecified atom stereocenters. The van der Waals surface area contributed by atoms with Gasteiger partial charge in [0.25, 0.3) is 0 Å². The first-order valence-corrected chi connectivity index (χ1v) is 10.8. The highest BCUT2D eigenvalue weighted by molar-refractivity contribution is 5.81. The van der Waals surface area contributed by atoms with Crippen LogP contribution in [0.5, 0.6) is 0 Å². The minimum Gasteiger partial charge on any atom is -0.478 e. The van der Waals surface area contributed by atoms with Crippen molar-refractivity contribution in [1.82, 2.24) is 10.6 Å². The fourth-order valence-electron chi connectivity index (χ4n) is 3.99. The van der Waals surface area contributed by atoms with E-state index in [1.807, 2.05) is 31.2 Å². The van der Waals surface area contributed by atoms with E-state index < -0.39 is 18.0 Å². The zero-order chi connectivity index (χ0) is 22.9. The lowest BCUT2D eigenvalue weighted by atomic mass is 9.98. The number of alkyl carbamates (subject to hydrolysis) is 1. The van der Waals surface area contributed by atoms with Crippen LogP contribution in [0.2, 0.25) is 0 Å². The number of hydrogen-bond acceptors (Lipinski definition) is 4. The summed E-state index contributed by atoms with van der Waals surface area (Å²) in [5.74, 6) is -1.75. The highest BCUT2D eigenvalue weighted by Gasteiger charge is 2.29. The normalized spacial score (nSPS) is 13.3. The number of aliphatic carboxylic acids is 1. The van der Waals surface area contributed by atoms with Crippen molar-refractivity contribution in [1.29, 1.82) is 0 Å². The van der Waals surface area contributed by atoms with Gasteiger partial charge in [0.1, 0.15) is 6.61 Å². The summed E-state index contributed by atoms with van der Waals surface area (Å²) in [6, 6.07) is 16.2. The molecule has 0 saturated carbocycles. The van der Waals surface area contributed by atoms with Crippen LogP contribution in [0.25, 0.3) is 11.1 Å². The van der Waals surface area contributed by atoms with E-state index in [1.165, 1.54) is 6.08 Å². The zero-order valence-corrected chi connectivity index (χ0v) is 18.0. The van der Waals surface area contributed by atoms with Gasteiger partial charge in [-0.15, -0.1) is 0 Å². The molecule has 7 heteroatoms. The Labute approximate surface area is 187 Å². The predicted octanol–water partition coefficient (Wildman–Crippen LogP) is 3.70. The molecule has 0 aliphatic heterocycles. The maximum absolute atomic E-state index is 12.3. The molecule has 0 aromatic heterocycles. The number of fused-ring (bicyclic) bond motifs is 3. The van der Waals surface area contributed by atoms with Crippen molar-refractivity contribution < 1.29 is 24.2 Å². The second kappa shape index (κ2) is 11.1. The van der Waals surface area contributed by atoms with E-state index in [1.54, 1.807) is 0 Å². The molecule has 0 spiro atoms. The Hall–Kier alpha value is -3.61. The minimum absolute atomic E-state index is 0.0242. The van der Waals surface area contributed by atoms with Gasteiger partial charge in [-0.1, -0.05) is 68.0 Å². The fraction of sp³-hybridized carbons (Fsp3) is 0.320. The van der Waals surface area contributed by atoms with E-state index >= 15 is 0 Å². The van der Waals surface area contributed by atoms with Gasteiger partial charge in [0.15, 0.2) is 0 Å². The van der Waals surface area contributed by atoms with Crippen LogP contribution in [-0.4, -0.2) is 42.8 Å². The number of ether oxygens (including phenoxy) is 1. The lowest BCUT2D eigenvalue weighted by Crippen LogP contribution is -2.39. The van der Waals surface area contributed by atoms with Crippen molar-refractivity contribution >= 4 is 18.0 Å². The molecule has 0 bridgehead atoms. The number of amides is 2. The van der Waals surface area contributed by atoms with Crippen LogP contribution in [0.3, 0.4) is 0 Å². The topological polar surface area (TPSA) is 105 Å². The van der Waals surface area contributed by atoms with Gasteiger partial charge >= 0.3 is 12.1 Å². The fourth-order valence-corrected chi connectivity index (χ4v) is 3.99. The van der Waals surface area contributed by atoms with Crippen molar-refractivity contribution in [2.45, 2.75) is 25.7 Å². The number of carboxylic acids is 1. The Kier molecular flexibility index (Phi) is 8.02. The highest BCUT2D eigenvalue weighted by atomic mass is 16.5. The monoisotopic (exact) mass is 436 g/mol. The van der Waals surface area contributed by atoms with Gasteiger partial charge in [0, 0.05) is 25.1 Å². The van der Waals surface area contributed by atoms with E-state index in [2.05, 4.69) is 34.9 Å². The lowest BCUT2D eigenvalue weighted by Gasteiger charge is -2.18. The second-order valence-corrected chi connectivity index (χ2v) is 7.68. The molecule has 0 radical (unpaired) electrons. The van der Waals surface area contributed by atoms with Crippen LogP contribution in [0.15, 0.2) is 60.7 Å². The van der Waals surface area contributed by atoms with Crippen LogP contribution in [-0.2, 0) is 14.3 Å². The van der Waals surface area contributed by atoms with Gasteiger partial charge in [-0.3, -0.25) is 4.79 Å². The molecule has 0 saturated heterocycles. The number of carboxylic acid groups (broad SMARTS) is 1. The molecule has 1 aliphatic carbocycles. The SMILES string of the molecule is CCCC(CNC(=O)OCC1c2ccccc2-c2ccccc21)C(=O)NC/C=C/C(=O)O. The van der Waals surface area contributed by atoms with Crippen molar-refractivity contribution in [3.63, 3.8) is 0 Å². The second-order valence-electron chi connectivity index (χ2n) is 7.68. The molecule has 2 amide bonds. The molecule has 2 aromatic carbocycles. The largest absolute Gasteiger partial charge is 0.478 e. The Morgan fingerprint density at radius 3 is 2.25 bits per heavy atom. The average Bonchev–Trinajstić information content (AvgIpc) is 3.11. The maximum Gasteiger partial charge on any atom is 0.407 e. The number of hydrogen-bond donors (Lipinski definition) is 3. The summed E-state index contributed by atoms with van der Waals surface area (Å²) in [6.07, 6.45) is 3.14. The smallest absolute Gasteiger partial charge is 0.407 e. The summed E-state index contributed by atoms with van der Waals surface area (Å²) in [5, 5.41) is 14.0. The standard InChI is InChI=1S/C25H28N2O5/c1-2-8-17(24(30)26-14-7-13-23(28)29)15-27-25(31)32-16-22-20-11-5-3-9-18(20)19-10-4-6-12-21(19)22/h3-7,9-13,17,22H,2,8,14-16H2,1H3,(H,26,30)(H,27,31)(H,28,29)/b13-7+. The quantitative estimate of drug-likeness (QED) is 0.493. The molecular weight excluding hydrogens is 408 g/mol. The van der Waals surface area contributed by atoms with Gasteiger partial charge in [-0.25, -0.2) is 9.59 Å². The third-order valence-electron chi connectivity index (χ3n) is 5.50. The number of nitrogens with one attached hydrogen (secondary N) is 2. The Morgan fingerprint density at radius 1 is 1.03 bits per heavy atom. The molecule has 32 heavy (non-hydrogen) atoms. The summed E-state index contributed by atoms with van der Waals surface area (Å²) < 4.78 is 5.51. The van der Waals surface area contributed by atoms with Crippen molar-refractivity contribution in [3.8, 4) is 11.1 Å². The Balaban J connectivity index is 1.53. The molecule has 168 valence electrons. The van der Waals surface area contributed by atoms with E-state index in [0.717, 1.165) is 34.8 Å². The molecular formula is C25H28N2O5. The highest BCUT2D eigenvalue weighted by Crippen LogP contribution is 2.44. The van der Waals surface area contributed by atoms with E-state index in [4.69, 9.17) is 9.84 Å². The molecule has 7 nitrogen and oxygen atoms in total. The van der Waals surface area contributed by atoms with Crippen LogP contribution >= 0.6 is 0 Å². The summed E-state index contributed by atoms with van der Waals surface area (Å²) in [4.78, 5) is 35.2. The lowest BCUT2D eigenvalue weighted by molar-refractivity contribution is -0.131. The minimum atomic E-state index is -1.07. The summed E-state index contributed by atoms with van der Waals surface area (Å²) in [5.41, 5.74) is 4.60. The first-order chi connectivity index (χ1) is 15.5. The maximum atomic E-state index is 12.3. The van der Waals surface area contributed by atoms with Crippen molar-refractivity contribution in [3.05, 3.63) is 71.8 Å². The number of benzene rings is 2. The van der Waals surface area contributed by atoms with Crippen LogP contribution < -0.4 is 10.6 Å². The first kappa shape index (κ1) is 23.1. The van der Waals surface area contributed by atoms with Crippen LogP contribution in [0.4, 0.5) is 4.79 Å². The molecule has 0 fully saturated rings. The third kappa shape index (κ3) is 5.75. The number of rotatable bonds is 10. The van der Waals surface area contributed by atoms with Crippen molar-refractivity contribution in [2.75, 3.05) is 19.7 Å². The van der Waals surface area contributed by atoms with Crippen LogP contribution in [0.1, 0.15) is 36.8 Å². The summed E-state index contributed by atoms with van der Waals surface area (Å²) >= 11 is 0. The summed E-state index contributed by atoms with van der Waals surface area (Å²) in [7, 11) is 0. The molecule has 3 rings (SSSR count). The van der Waals surface area contributed by atoms with Gasteiger partial charge in [-0.2, -0.15) is 0 Å². The van der Waals surface area contributed by atoms with Gasteiger partial charge in [0.2, 0.25) is 5.91 Å². The van der Waals surface area contributed by atoms with Gasteiger partial charge in [0.05, 0.1) is 5.92 Å². The predicted molar refractivity (Wildman–Crippen MR) is 121 cm³/mol. The number of carbonyl (C=O) groups excluding carboxylic acids is 2. The average molecular weight is 437 g/mol. The molecule has 1 aliphatic rings. The Morgan fingerprint density at radius 2 is 1.66 bits per heavy atom. The zero-order valence-electron chi connectivity index (χ0n) is 18.0. The van der Waals surface area contributed by atoms with Gasteiger partial charge < -0.3 is 20.5 Å². The van der Waals surface area contributed by atoms with E-state index in [-0.39, 0.29) is 31.5 Å². The Bertz CT molecular complexity index is 956. The van der Waals surface area contributed by atoms with Crippen LogP contribution in [0, 0.1) is 5.92 Å². The molecule has 0 heterocycles. The summed E-state index contributed by atoms with van der Waals surface area (Å²) in [6.45, 7) is 2.44. The molecule has 2 aromatic rings. The van der Waals surface area contributed by atoms with E-state index in [9.17, 15) is 14.4 Å². The number of carbonyl (C=O) groups is 3. The molecule has 1 atom stereocenters. The van der Waals surface area contributed by atoms with Gasteiger partial charge in [-0.05, 0) is 28.7 Å². The molecule has 3 N–H and O–H groups in total. The van der Waals surface area contributed by atoms with Crippen molar-refractivity contribution in [2.24, 2.45) is 5.92 Å².